The van der Waals surface area contributed by atoms with Crippen molar-refractivity contribution in [3.05, 3.63) is 46.5 Å². The average Bonchev–Trinajstić information content (AvgIpc) is 2.90. The third kappa shape index (κ3) is 3.68. The first kappa shape index (κ1) is 15.2. The van der Waals surface area contributed by atoms with Crippen molar-refractivity contribution in [1.82, 2.24) is 20.5 Å². The third-order valence-corrected chi connectivity index (χ3v) is 3.47. The molecule has 0 radical (unpaired) electrons. The topological polar surface area (TPSA) is 70.7 Å². The maximum atomic E-state index is 12.2. The van der Waals surface area contributed by atoms with Crippen molar-refractivity contribution in [2.45, 2.75) is 46.6 Å². The van der Waals surface area contributed by atoms with Crippen LogP contribution in [-0.2, 0) is 6.42 Å². The van der Waals surface area contributed by atoms with E-state index in [1.165, 1.54) is 5.56 Å². The summed E-state index contributed by atoms with van der Waals surface area (Å²) in [5.74, 6) is 0.708. The minimum atomic E-state index is -0.248. The number of rotatable bonds is 5. The standard InChI is InChI=1S/C16H22N4O/c1-5-6-14-18-15(20-19-14)16(21)17-12(4)13-9-10(2)7-8-11(13)3/h7-9,12H,5-6H2,1-4H3,(H,17,21)(H,18,19,20). The molecule has 2 rings (SSSR count). The van der Waals surface area contributed by atoms with Crippen molar-refractivity contribution in [3.63, 3.8) is 0 Å². The van der Waals surface area contributed by atoms with E-state index in [9.17, 15) is 4.79 Å². The fourth-order valence-electron chi connectivity index (χ4n) is 2.31. The first-order valence-electron chi connectivity index (χ1n) is 7.30. The summed E-state index contributed by atoms with van der Waals surface area (Å²) >= 11 is 0. The van der Waals surface area contributed by atoms with Crippen LogP contribution in [-0.4, -0.2) is 21.1 Å². The number of carbonyl (C=O) groups excluding carboxylic acids is 1. The lowest BCUT2D eigenvalue weighted by atomic mass is 10.00. The number of nitrogens with one attached hydrogen (secondary N) is 2. The summed E-state index contributed by atoms with van der Waals surface area (Å²) in [7, 11) is 0. The molecule has 0 bridgehead atoms. The highest BCUT2D eigenvalue weighted by molar-refractivity contribution is 5.90. The fourth-order valence-corrected chi connectivity index (χ4v) is 2.31. The number of aromatic amines is 1. The van der Waals surface area contributed by atoms with Crippen LogP contribution in [0.15, 0.2) is 18.2 Å². The Morgan fingerprint density at radius 1 is 1.38 bits per heavy atom. The van der Waals surface area contributed by atoms with Gasteiger partial charge >= 0.3 is 0 Å². The Hall–Kier alpha value is -2.17. The van der Waals surface area contributed by atoms with E-state index >= 15 is 0 Å². The zero-order valence-electron chi connectivity index (χ0n) is 13.0. The number of amides is 1. The number of benzene rings is 1. The molecule has 5 nitrogen and oxygen atoms in total. The van der Waals surface area contributed by atoms with Crippen LogP contribution in [0.25, 0.3) is 0 Å². The van der Waals surface area contributed by atoms with Gasteiger partial charge in [0.2, 0.25) is 5.82 Å². The van der Waals surface area contributed by atoms with E-state index in [-0.39, 0.29) is 17.8 Å². The molecular weight excluding hydrogens is 264 g/mol. The number of hydrogen-bond acceptors (Lipinski definition) is 3. The predicted molar refractivity (Wildman–Crippen MR) is 82.2 cm³/mol. The summed E-state index contributed by atoms with van der Waals surface area (Å²) < 4.78 is 0. The Balaban J connectivity index is 2.09. The van der Waals surface area contributed by atoms with Gasteiger partial charge in [-0.3, -0.25) is 9.89 Å². The molecule has 1 unspecified atom stereocenters. The minimum Gasteiger partial charge on any atom is -0.343 e. The molecule has 0 fully saturated rings. The third-order valence-electron chi connectivity index (χ3n) is 3.47. The van der Waals surface area contributed by atoms with Gasteiger partial charge < -0.3 is 5.32 Å². The second-order valence-corrected chi connectivity index (χ2v) is 5.41. The van der Waals surface area contributed by atoms with Gasteiger partial charge in [0.1, 0.15) is 5.82 Å². The van der Waals surface area contributed by atoms with Gasteiger partial charge in [0.15, 0.2) is 0 Å². The lowest BCUT2D eigenvalue weighted by Crippen LogP contribution is -2.28. The Morgan fingerprint density at radius 2 is 2.14 bits per heavy atom. The highest BCUT2D eigenvalue weighted by atomic mass is 16.2. The summed E-state index contributed by atoms with van der Waals surface area (Å²) in [6.45, 7) is 8.12. The lowest BCUT2D eigenvalue weighted by Gasteiger charge is -2.16. The van der Waals surface area contributed by atoms with Crippen LogP contribution in [0.1, 0.15) is 59.4 Å². The zero-order valence-corrected chi connectivity index (χ0v) is 13.0. The summed E-state index contributed by atoms with van der Waals surface area (Å²) in [6, 6.07) is 6.16. The van der Waals surface area contributed by atoms with Gasteiger partial charge in [0, 0.05) is 6.42 Å². The molecule has 0 aliphatic rings. The van der Waals surface area contributed by atoms with Gasteiger partial charge in [-0.15, -0.1) is 5.10 Å². The molecule has 0 saturated carbocycles. The van der Waals surface area contributed by atoms with Crippen LogP contribution in [0.4, 0.5) is 0 Å². The SMILES string of the molecule is CCCc1nc(C(=O)NC(C)c2cc(C)ccc2C)n[nH]1. The Kier molecular flexibility index (Phi) is 4.73. The van der Waals surface area contributed by atoms with E-state index in [0.717, 1.165) is 29.8 Å². The van der Waals surface area contributed by atoms with Crippen molar-refractivity contribution in [1.29, 1.82) is 0 Å². The van der Waals surface area contributed by atoms with Gasteiger partial charge in [0.25, 0.3) is 5.91 Å². The van der Waals surface area contributed by atoms with Gasteiger partial charge in [-0.1, -0.05) is 30.7 Å². The van der Waals surface area contributed by atoms with Gasteiger partial charge in [-0.05, 0) is 38.3 Å². The van der Waals surface area contributed by atoms with Crippen molar-refractivity contribution in [2.75, 3.05) is 0 Å². The van der Waals surface area contributed by atoms with E-state index in [1.807, 2.05) is 20.8 Å². The van der Waals surface area contributed by atoms with Crippen LogP contribution in [0, 0.1) is 13.8 Å². The summed E-state index contributed by atoms with van der Waals surface area (Å²) in [5.41, 5.74) is 3.46. The molecule has 1 heterocycles. The molecule has 0 saturated heterocycles. The normalized spacial score (nSPS) is 12.2. The molecule has 5 heteroatoms. The molecular formula is C16H22N4O. The number of H-pyrrole nitrogens is 1. The Bertz CT molecular complexity index is 633. The summed E-state index contributed by atoms with van der Waals surface area (Å²) in [4.78, 5) is 16.4. The van der Waals surface area contributed by atoms with E-state index in [4.69, 9.17) is 0 Å². The van der Waals surface area contributed by atoms with Crippen LogP contribution in [0.2, 0.25) is 0 Å². The predicted octanol–water partition coefficient (Wildman–Crippen LogP) is 2.87. The zero-order chi connectivity index (χ0) is 15.4. The molecule has 1 amide bonds. The average molecular weight is 286 g/mol. The van der Waals surface area contributed by atoms with Crippen molar-refractivity contribution in [3.8, 4) is 0 Å². The Morgan fingerprint density at radius 3 is 2.86 bits per heavy atom. The second-order valence-electron chi connectivity index (χ2n) is 5.41. The smallest absolute Gasteiger partial charge is 0.291 e. The lowest BCUT2D eigenvalue weighted by molar-refractivity contribution is 0.0929. The van der Waals surface area contributed by atoms with E-state index in [1.54, 1.807) is 0 Å². The molecule has 0 aliphatic carbocycles. The second kappa shape index (κ2) is 6.52. The van der Waals surface area contributed by atoms with Crippen LogP contribution >= 0.6 is 0 Å². The number of aromatic nitrogens is 3. The molecule has 2 aromatic rings. The molecule has 21 heavy (non-hydrogen) atoms. The monoisotopic (exact) mass is 286 g/mol. The number of nitrogens with zero attached hydrogens (tertiary/aromatic N) is 2. The molecule has 1 aromatic carbocycles. The minimum absolute atomic E-state index is 0.0782. The first-order valence-corrected chi connectivity index (χ1v) is 7.30. The van der Waals surface area contributed by atoms with Crippen LogP contribution in [0.3, 0.4) is 0 Å². The quantitative estimate of drug-likeness (QED) is 0.888. The maximum Gasteiger partial charge on any atom is 0.291 e. The maximum absolute atomic E-state index is 12.2. The Labute approximate surface area is 125 Å². The molecule has 2 N–H and O–H groups in total. The number of aryl methyl sites for hydroxylation is 3. The van der Waals surface area contributed by atoms with Crippen LogP contribution < -0.4 is 5.32 Å². The van der Waals surface area contributed by atoms with E-state index in [2.05, 4.69) is 45.6 Å². The number of hydrogen-bond donors (Lipinski definition) is 2. The number of carbonyl (C=O) groups is 1. The van der Waals surface area contributed by atoms with Gasteiger partial charge in [-0.25, -0.2) is 4.98 Å². The molecule has 1 atom stereocenters. The molecule has 0 aliphatic heterocycles. The molecule has 0 spiro atoms. The largest absolute Gasteiger partial charge is 0.343 e. The summed E-state index contributed by atoms with van der Waals surface area (Å²) in [6.07, 6.45) is 1.77. The van der Waals surface area contributed by atoms with E-state index in [0.29, 0.717) is 0 Å². The summed E-state index contributed by atoms with van der Waals surface area (Å²) in [5, 5.41) is 9.72. The molecule has 1 aromatic heterocycles. The first-order chi connectivity index (χ1) is 10.0. The fraction of sp³-hybridized carbons (Fsp3) is 0.438. The molecule has 112 valence electrons. The van der Waals surface area contributed by atoms with Crippen molar-refractivity contribution < 1.29 is 4.79 Å². The highest BCUT2D eigenvalue weighted by Gasteiger charge is 2.17. The highest BCUT2D eigenvalue weighted by Crippen LogP contribution is 2.19. The van der Waals surface area contributed by atoms with Gasteiger partial charge in [-0.2, -0.15) is 0 Å². The van der Waals surface area contributed by atoms with Crippen molar-refractivity contribution >= 4 is 5.91 Å². The van der Waals surface area contributed by atoms with E-state index < -0.39 is 0 Å². The van der Waals surface area contributed by atoms with Gasteiger partial charge in [0.05, 0.1) is 6.04 Å². The van der Waals surface area contributed by atoms with Crippen molar-refractivity contribution in [2.24, 2.45) is 0 Å². The van der Waals surface area contributed by atoms with Crippen LogP contribution in [0.5, 0.6) is 0 Å².